The van der Waals surface area contributed by atoms with E-state index in [0.717, 1.165) is 6.42 Å². The van der Waals surface area contributed by atoms with Gasteiger partial charge in [-0.1, -0.05) is 19.1 Å². The van der Waals surface area contributed by atoms with Crippen LogP contribution in [0.2, 0.25) is 0 Å². The van der Waals surface area contributed by atoms with Gasteiger partial charge in [0.15, 0.2) is 0 Å². The highest BCUT2D eigenvalue weighted by molar-refractivity contribution is 6.35. The van der Waals surface area contributed by atoms with Crippen LogP contribution in [0.5, 0.6) is 0 Å². The molecule has 1 aromatic rings. The van der Waals surface area contributed by atoms with E-state index in [-0.39, 0.29) is 12.4 Å². The van der Waals surface area contributed by atoms with Crippen LogP contribution in [-0.4, -0.2) is 32.0 Å². The van der Waals surface area contributed by atoms with E-state index in [4.69, 9.17) is 4.74 Å². The second kappa shape index (κ2) is 8.27. The van der Waals surface area contributed by atoms with Crippen LogP contribution in [0.3, 0.4) is 0 Å². The molecule has 1 aromatic carbocycles. The van der Waals surface area contributed by atoms with Gasteiger partial charge in [-0.25, -0.2) is 4.39 Å². The molecule has 2 N–H and O–H groups in total. The normalized spacial score (nSPS) is 11.8. The third-order valence-electron chi connectivity index (χ3n) is 2.69. The molecular formula is C14H19FN2O3. The van der Waals surface area contributed by atoms with Crippen molar-refractivity contribution in [2.24, 2.45) is 0 Å². The molecule has 0 saturated heterocycles. The number of carbonyl (C=O) groups is 2. The number of benzene rings is 1. The molecule has 0 aliphatic carbocycles. The van der Waals surface area contributed by atoms with Crippen LogP contribution in [0.15, 0.2) is 24.3 Å². The smallest absolute Gasteiger partial charge is 0.309 e. The van der Waals surface area contributed by atoms with Gasteiger partial charge < -0.3 is 15.4 Å². The molecular weight excluding hydrogens is 263 g/mol. The highest BCUT2D eigenvalue weighted by Crippen LogP contribution is 2.16. The first-order chi connectivity index (χ1) is 9.58. The van der Waals surface area contributed by atoms with Gasteiger partial charge in [0.1, 0.15) is 5.82 Å². The maximum absolute atomic E-state index is 13.1. The van der Waals surface area contributed by atoms with Crippen LogP contribution in [0, 0.1) is 5.82 Å². The van der Waals surface area contributed by atoms with Crippen molar-refractivity contribution in [2.45, 2.75) is 19.4 Å². The first kappa shape index (κ1) is 16.1. The SMILES string of the molecule is CCCNC(=O)C(=O)NCC(OC)c1cccc(F)c1. The van der Waals surface area contributed by atoms with Gasteiger partial charge in [-0.05, 0) is 24.1 Å². The summed E-state index contributed by atoms with van der Waals surface area (Å²) in [6, 6.07) is 5.91. The zero-order valence-electron chi connectivity index (χ0n) is 11.6. The summed E-state index contributed by atoms with van der Waals surface area (Å²) in [5, 5.41) is 4.93. The maximum Gasteiger partial charge on any atom is 0.309 e. The van der Waals surface area contributed by atoms with Crippen molar-refractivity contribution in [3.05, 3.63) is 35.6 Å². The number of hydrogen-bond acceptors (Lipinski definition) is 3. The third kappa shape index (κ3) is 4.97. The van der Waals surface area contributed by atoms with Crippen molar-refractivity contribution >= 4 is 11.8 Å². The van der Waals surface area contributed by atoms with Crippen molar-refractivity contribution in [3.8, 4) is 0 Å². The summed E-state index contributed by atoms with van der Waals surface area (Å²) in [5.74, 6) is -1.78. The fourth-order valence-corrected chi connectivity index (χ4v) is 1.63. The van der Waals surface area contributed by atoms with Gasteiger partial charge in [-0.15, -0.1) is 0 Å². The Bertz CT molecular complexity index is 465. The lowest BCUT2D eigenvalue weighted by Gasteiger charge is -2.16. The number of carbonyl (C=O) groups excluding carboxylic acids is 2. The van der Waals surface area contributed by atoms with Crippen molar-refractivity contribution in [3.63, 3.8) is 0 Å². The second-order valence-corrected chi connectivity index (χ2v) is 4.25. The van der Waals surface area contributed by atoms with Crippen molar-refractivity contribution in [1.29, 1.82) is 0 Å². The third-order valence-corrected chi connectivity index (χ3v) is 2.69. The van der Waals surface area contributed by atoms with Gasteiger partial charge in [-0.2, -0.15) is 0 Å². The quantitative estimate of drug-likeness (QED) is 0.769. The van der Waals surface area contributed by atoms with Gasteiger partial charge in [-0.3, -0.25) is 9.59 Å². The van der Waals surface area contributed by atoms with Crippen LogP contribution in [-0.2, 0) is 14.3 Å². The molecule has 0 saturated carbocycles. The van der Waals surface area contributed by atoms with Crippen LogP contribution in [0.4, 0.5) is 4.39 Å². The summed E-state index contributed by atoms with van der Waals surface area (Å²) in [6.45, 7) is 2.44. The lowest BCUT2D eigenvalue weighted by atomic mass is 10.1. The molecule has 0 aliphatic heterocycles. The molecule has 0 spiro atoms. The molecule has 5 nitrogen and oxygen atoms in total. The Morgan fingerprint density at radius 1 is 1.30 bits per heavy atom. The molecule has 110 valence electrons. The van der Waals surface area contributed by atoms with E-state index in [9.17, 15) is 14.0 Å². The highest BCUT2D eigenvalue weighted by atomic mass is 19.1. The van der Waals surface area contributed by atoms with Crippen LogP contribution in [0.1, 0.15) is 25.0 Å². The van der Waals surface area contributed by atoms with E-state index in [1.807, 2.05) is 6.92 Å². The Labute approximate surface area is 117 Å². The summed E-state index contributed by atoms with van der Waals surface area (Å²) in [6.07, 6.45) is 0.247. The minimum Gasteiger partial charge on any atom is -0.375 e. The number of amides is 2. The first-order valence-corrected chi connectivity index (χ1v) is 6.42. The van der Waals surface area contributed by atoms with Crippen molar-refractivity contribution in [2.75, 3.05) is 20.2 Å². The average molecular weight is 282 g/mol. The fourth-order valence-electron chi connectivity index (χ4n) is 1.63. The van der Waals surface area contributed by atoms with E-state index >= 15 is 0 Å². The number of methoxy groups -OCH3 is 1. The lowest BCUT2D eigenvalue weighted by molar-refractivity contribution is -0.139. The summed E-state index contributed by atoms with van der Waals surface area (Å²) < 4.78 is 18.3. The summed E-state index contributed by atoms with van der Waals surface area (Å²) >= 11 is 0. The van der Waals surface area contributed by atoms with Gasteiger partial charge in [0.25, 0.3) is 0 Å². The first-order valence-electron chi connectivity index (χ1n) is 6.42. The second-order valence-electron chi connectivity index (χ2n) is 4.25. The Balaban J connectivity index is 2.53. The molecule has 0 aromatic heterocycles. The summed E-state index contributed by atoms with van der Waals surface area (Å²) in [4.78, 5) is 22.9. The molecule has 6 heteroatoms. The molecule has 2 amide bonds. The summed E-state index contributed by atoms with van der Waals surface area (Å²) in [7, 11) is 1.46. The highest BCUT2D eigenvalue weighted by Gasteiger charge is 2.16. The zero-order valence-corrected chi connectivity index (χ0v) is 11.6. The molecule has 0 radical (unpaired) electrons. The van der Waals surface area contributed by atoms with Gasteiger partial charge in [0.05, 0.1) is 6.10 Å². The van der Waals surface area contributed by atoms with Crippen LogP contribution in [0.25, 0.3) is 0 Å². The number of ether oxygens (including phenoxy) is 1. The molecule has 1 rings (SSSR count). The van der Waals surface area contributed by atoms with E-state index in [1.54, 1.807) is 12.1 Å². The standard InChI is InChI=1S/C14H19FN2O3/c1-3-7-16-13(18)14(19)17-9-12(20-2)10-5-4-6-11(15)8-10/h4-6,8,12H,3,7,9H2,1-2H3,(H,16,18)(H,17,19). The van der Waals surface area contributed by atoms with Crippen LogP contribution >= 0.6 is 0 Å². The molecule has 1 unspecified atom stereocenters. The van der Waals surface area contributed by atoms with Gasteiger partial charge >= 0.3 is 11.8 Å². The molecule has 0 bridgehead atoms. The summed E-state index contributed by atoms with van der Waals surface area (Å²) in [5.41, 5.74) is 0.599. The number of hydrogen-bond donors (Lipinski definition) is 2. The van der Waals surface area contributed by atoms with E-state index in [1.165, 1.54) is 19.2 Å². The molecule has 0 aliphatic rings. The Hall–Kier alpha value is -1.95. The van der Waals surface area contributed by atoms with Crippen molar-refractivity contribution in [1.82, 2.24) is 10.6 Å². The molecule has 20 heavy (non-hydrogen) atoms. The van der Waals surface area contributed by atoms with Crippen LogP contribution < -0.4 is 10.6 Å². The minimum absolute atomic E-state index is 0.0956. The Morgan fingerprint density at radius 2 is 2.00 bits per heavy atom. The molecule has 0 heterocycles. The number of halogens is 1. The average Bonchev–Trinajstić information content (AvgIpc) is 2.45. The minimum atomic E-state index is -0.725. The number of rotatable bonds is 6. The zero-order chi connectivity index (χ0) is 15.0. The molecule has 1 atom stereocenters. The van der Waals surface area contributed by atoms with Gasteiger partial charge in [0, 0.05) is 20.2 Å². The van der Waals surface area contributed by atoms with E-state index in [0.29, 0.717) is 12.1 Å². The van der Waals surface area contributed by atoms with Crippen molar-refractivity contribution < 1.29 is 18.7 Å². The van der Waals surface area contributed by atoms with E-state index < -0.39 is 17.9 Å². The Kier molecular flexibility index (Phi) is 6.66. The molecule has 0 fully saturated rings. The number of nitrogens with one attached hydrogen (secondary N) is 2. The predicted molar refractivity (Wildman–Crippen MR) is 72.5 cm³/mol. The fraction of sp³-hybridized carbons (Fsp3) is 0.429. The Morgan fingerprint density at radius 3 is 2.60 bits per heavy atom. The monoisotopic (exact) mass is 282 g/mol. The predicted octanol–water partition coefficient (Wildman–Crippen LogP) is 1.16. The lowest BCUT2D eigenvalue weighted by Crippen LogP contribution is -2.41. The maximum atomic E-state index is 13.1. The van der Waals surface area contributed by atoms with E-state index in [2.05, 4.69) is 10.6 Å². The topological polar surface area (TPSA) is 67.4 Å². The largest absolute Gasteiger partial charge is 0.375 e. The van der Waals surface area contributed by atoms with Gasteiger partial charge in [0.2, 0.25) is 0 Å².